The van der Waals surface area contributed by atoms with Gasteiger partial charge in [-0.2, -0.15) is 0 Å². The standard InChI is InChI=1S/C44H30N4/c1-3-11-31(12-4-1)33-21-23-36(24-22-33)47(37-18-7-17-35(29-37)32-13-5-2-6-14-32)38-25-26-39-40-19-8-15-34-16-9-20-41(43(34)40)48(42(39)30-38)44-45-27-10-28-46-44/h1-30H. The minimum absolute atomic E-state index is 0.641. The normalized spacial score (nSPS) is 11.7. The van der Waals surface area contributed by atoms with Crippen LogP contribution in [0.5, 0.6) is 0 Å². The SMILES string of the molecule is c1ccc(-c2ccc(N(c3cccc(-c4ccccc4)c3)c3ccc4c(c3)N(c3ncccn3)c3cccc5cccc-4c35)cc2)cc1. The summed E-state index contributed by atoms with van der Waals surface area (Å²) in [7, 11) is 0. The van der Waals surface area contributed by atoms with Crippen molar-refractivity contribution in [2.24, 2.45) is 0 Å². The fourth-order valence-electron chi connectivity index (χ4n) is 6.89. The van der Waals surface area contributed by atoms with Crippen molar-refractivity contribution in [1.82, 2.24) is 9.97 Å². The van der Waals surface area contributed by atoms with E-state index in [0.717, 1.165) is 39.6 Å². The van der Waals surface area contributed by atoms with Crippen molar-refractivity contribution in [2.75, 3.05) is 9.80 Å². The Morgan fingerprint density at radius 3 is 1.75 bits per heavy atom. The Morgan fingerprint density at radius 1 is 0.396 bits per heavy atom. The lowest BCUT2D eigenvalue weighted by Gasteiger charge is -2.33. The van der Waals surface area contributed by atoms with Crippen molar-refractivity contribution in [1.29, 1.82) is 0 Å². The highest BCUT2D eigenvalue weighted by atomic mass is 15.3. The minimum atomic E-state index is 0.641. The second-order valence-corrected chi connectivity index (χ2v) is 11.9. The zero-order valence-corrected chi connectivity index (χ0v) is 26.1. The molecule has 0 radical (unpaired) electrons. The summed E-state index contributed by atoms with van der Waals surface area (Å²) < 4.78 is 0. The van der Waals surface area contributed by atoms with E-state index in [1.807, 2.05) is 18.5 Å². The van der Waals surface area contributed by atoms with Gasteiger partial charge in [-0.3, -0.25) is 4.90 Å². The highest BCUT2D eigenvalue weighted by molar-refractivity contribution is 6.13. The molecule has 0 bridgehead atoms. The first kappa shape index (κ1) is 27.8. The van der Waals surface area contributed by atoms with Crippen LogP contribution in [-0.2, 0) is 0 Å². The molecule has 0 aliphatic carbocycles. The summed E-state index contributed by atoms with van der Waals surface area (Å²) in [6.07, 6.45) is 3.62. The van der Waals surface area contributed by atoms with Gasteiger partial charge in [0.15, 0.2) is 0 Å². The minimum Gasteiger partial charge on any atom is -0.310 e. The number of hydrogen-bond donors (Lipinski definition) is 0. The Hall–Kier alpha value is -6.52. The van der Waals surface area contributed by atoms with Gasteiger partial charge in [-0.1, -0.05) is 121 Å². The van der Waals surface area contributed by atoms with Crippen LogP contribution in [0.4, 0.5) is 34.4 Å². The number of rotatable bonds is 6. The van der Waals surface area contributed by atoms with Crippen LogP contribution < -0.4 is 9.80 Å². The molecule has 4 nitrogen and oxygen atoms in total. The van der Waals surface area contributed by atoms with Gasteiger partial charge in [0.1, 0.15) is 0 Å². The van der Waals surface area contributed by atoms with Gasteiger partial charge in [0, 0.05) is 40.4 Å². The van der Waals surface area contributed by atoms with E-state index in [1.54, 1.807) is 0 Å². The van der Waals surface area contributed by atoms with Gasteiger partial charge in [0.2, 0.25) is 5.95 Å². The van der Waals surface area contributed by atoms with Crippen molar-refractivity contribution in [2.45, 2.75) is 0 Å². The van der Waals surface area contributed by atoms with E-state index < -0.39 is 0 Å². The van der Waals surface area contributed by atoms with E-state index in [2.05, 4.69) is 174 Å². The molecule has 1 aromatic heterocycles. The van der Waals surface area contributed by atoms with E-state index in [0.29, 0.717) is 5.95 Å². The molecule has 1 aliphatic heterocycles. The number of nitrogens with zero attached hydrogens (tertiary/aromatic N) is 4. The number of aromatic nitrogens is 2. The summed E-state index contributed by atoms with van der Waals surface area (Å²) in [5.41, 5.74) is 12.4. The molecule has 0 atom stereocenters. The lowest BCUT2D eigenvalue weighted by molar-refractivity contribution is 1.08. The number of fused-ring (bicyclic) bond motifs is 2. The number of anilines is 6. The predicted molar refractivity (Wildman–Crippen MR) is 199 cm³/mol. The molecule has 1 aliphatic rings. The molecule has 0 saturated heterocycles. The van der Waals surface area contributed by atoms with Crippen LogP contribution in [0.15, 0.2) is 182 Å². The number of hydrogen-bond acceptors (Lipinski definition) is 4. The monoisotopic (exact) mass is 614 g/mol. The van der Waals surface area contributed by atoms with Gasteiger partial charge in [0.25, 0.3) is 0 Å². The third-order valence-corrected chi connectivity index (χ3v) is 9.09. The third-order valence-electron chi connectivity index (χ3n) is 9.09. The molecule has 0 saturated carbocycles. The van der Waals surface area contributed by atoms with Crippen molar-refractivity contribution in [3.63, 3.8) is 0 Å². The summed E-state index contributed by atoms with van der Waals surface area (Å²) in [5.74, 6) is 0.641. The summed E-state index contributed by atoms with van der Waals surface area (Å²) >= 11 is 0. The van der Waals surface area contributed by atoms with Crippen LogP contribution in [-0.4, -0.2) is 9.97 Å². The third kappa shape index (κ3) is 4.79. The van der Waals surface area contributed by atoms with Crippen LogP contribution in [0.2, 0.25) is 0 Å². The first-order valence-electron chi connectivity index (χ1n) is 16.2. The fourth-order valence-corrected chi connectivity index (χ4v) is 6.89. The Bertz CT molecular complexity index is 2380. The first-order chi connectivity index (χ1) is 23.8. The summed E-state index contributed by atoms with van der Waals surface area (Å²) in [5, 5.41) is 2.40. The second kappa shape index (κ2) is 11.7. The van der Waals surface area contributed by atoms with Crippen molar-refractivity contribution in [3.8, 4) is 33.4 Å². The molecule has 0 unspecified atom stereocenters. The molecule has 4 heteroatoms. The average molecular weight is 615 g/mol. The van der Waals surface area contributed by atoms with E-state index in [-0.39, 0.29) is 0 Å². The molecule has 2 heterocycles. The maximum Gasteiger partial charge on any atom is 0.234 e. The molecule has 48 heavy (non-hydrogen) atoms. The lowest BCUT2D eigenvalue weighted by Crippen LogP contribution is -2.18. The fraction of sp³-hybridized carbons (Fsp3) is 0. The van der Waals surface area contributed by atoms with Crippen LogP contribution in [0.25, 0.3) is 44.2 Å². The van der Waals surface area contributed by atoms with Crippen LogP contribution in [0, 0.1) is 0 Å². The van der Waals surface area contributed by atoms with E-state index in [9.17, 15) is 0 Å². The molecule has 0 spiro atoms. The highest BCUT2D eigenvalue weighted by Gasteiger charge is 2.28. The molecular formula is C44H30N4. The lowest BCUT2D eigenvalue weighted by atomic mass is 9.91. The first-order valence-corrected chi connectivity index (χ1v) is 16.2. The Kier molecular flexibility index (Phi) is 6.76. The van der Waals surface area contributed by atoms with Gasteiger partial charge in [-0.25, -0.2) is 9.97 Å². The molecule has 8 aromatic rings. The Morgan fingerprint density at radius 2 is 1.00 bits per heavy atom. The summed E-state index contributed by atoms with van der Waals surface area (Å²) in [4.78, 5) is 14.0. The van der Waals surface area contributed by atoms with Crippen LogP contribution in [0.3, 0.4) is 0 Å². The van der Waals surface area contributed by atoms with Gasteiger partial charge >= 0.3 is 0 Å². The van der Waals surface area contributed by atoms with Crippen molar-refractivity contribution >= 4 is 45.2 Å². The molecular weight excluding hydrogens is 585 g/mol. The molecule has 0 amide bonds. The average Bonchev–Trinajstić information content (AvgIpc) is 3.17. The van der Waals surface area contributed by atoms with Crippen molar-refractivity contribution in [3.05, 3.63) is 182 Å². The van der Waals surface area contributed by atoms with Gasteiger partial charge in [-0.15, -0.1) is 0 Å². The zero-order chi connectivity index (χ0) is 31.9. The molecule has 0 N–H and O–H groups in total. The molecule has 226 valence electrons. The summed E-state index contributed by atoms with van der Waals surface area (Å²) in [6.45, 7) is 0. The quantitative estimate of drug-likeness (QED) is 0.186. The van der Waals surface area contributed by atoms with Gasteiger partial charge in [0.05, 0.1) is 11.4 Å². The smallest absolute Gasteiger partial charge is 0.234 e. The van der Waals surface area contributed by atoms with Crippen LogP contribution >= 0.6 is 0 Å². The molecule has 0 fully saturated rings. The van der Waals surface area contributed by atoms with Gasteiger partial charge in [-0.05, 0) is 81.7 Å². The topological polar surface area (TPSA) is 32.3 Å². The molecule has 9 rings (SSSR count). The predicted octanol–water partition coefficient (Wildman–Crippen LogP) is 11.9. The maximum absolute atomic E-state index is 4.74. The second-order valence-electron chi connectivity index (χ2n) is 11.9. The zero-order valence-electron chi connectivity index (χ0n) is 26.1. The van der Waals surface area contributed by atoms with Crippen LogP contribution in [0.1, 0.15) is 0 Å². The van der Waals surface area contributed by atoms with E-state index in [4.69, 9.17) is 9.97 Å². The Labute approximate surface area is 279 Å². The Balaban J connectivity index is 1.25. The number of benzene rings is 7. The largest absolute Gasteiger partial charge is 0.310 e. The van der Waals surface area contributed by atoms with E-state index >= 15 is 0 Å². The summed E-state index contributed by atoms with van der Waals surface area (Å²) in [6, 6.07) is 60.3. The highest BCUT2D eigenvalue weighted by Crippen LogP contribution is 2.52. The van der Waals surface area contributed by atoms with Gasteiger partial charge < -0.3 is 4.90 Å². The van der Waals surface area contributed by atoms with E-state index in [1.165, 1.54) is 33.0 Å². The molecule has 7 aromatic carbocycles. The van der Waals surface area contributed by atoms with Crippen molar-refractivity contribution < 1.29 is 0 Å². The maximum atomic E-state index is 4.74.